The normalized spacial score (nSPS) is 14.3. The van der Waals surface area contributed by atoms with Gasteiger partial charge in [0.15, 0.2) is 0 Å². The van der Waals surface area contributed by atoms with Crippen molar-refractivity contribution in [2.45, 2.75) is 19.4 Å². The zero-order valence-corrected chi connectivity index (χ0v) is 11.4. The largest absolute Gasteiger partial charge is 0.366 e. The smallest absolute Gasteiger partial charge is 0.145 e. The molecule has 1 N–H and O–H groups in total. The van der Waals surface area contributed by atoms with E-state index in [1.807, 2.05) is 24.3 Å². The molecule has 2 unspecified atom stereocenters. The Bertz CT molecular complexity index is 559. The van der Waals surface area contributed by atoms with Crippen molar-refractivity contribution in [1.29, 1.82) is 0 Å². The Kier molecular flexibility index (Phi) is 4.25. The van der Waals surface area contributed by atoms with Gasteiger partial charge in [0.2, 0.25) is 0 Å². The van der Waals surface area contributed by atoms with Gasteiger partial charge < -0.3 is 5.32 Å². The maximum Gasteiger partial charge on any atom is 0.145 e. The summed E-state index contributed by atoms with van der Waals surface area (Å²) in [5.74, 6) is 1.47. The van der Waals surface area contributed by atoms with E-state index in [2.05, 4.69) is 22.2 Å². The van der Waals surface area contributed by atoms with E-state index in [0.717, 1.165) is 23.3 Å². The van der Waals surface area contributed by atoms with Crippen LogP contribution in [0.5, 0.6) is 0 Å². The van der Waals surface area contributed by atoms with Crippen molar-refractivity contribution in [1.82, 2.24) is 9.97 Å². The van der Waals surface area contributed by atoms with E-state index in [1.54, 1.807) is 12.5 Å². The van der Waals surface area contributed by atoms with Crippen molar-refractivity contribution in [2.24, 2.45) is 0 Å². The monoisotopic (exact) mass is 263 g/mol. The first-order chi connectivity index (χ1) is 8.65. The summed E-state index contributed by atoms with van der Waals surface area (Å²) in [4.78, 5) is 8.84. The first-order valence-electron chi connectivity index (χ1n) is 5.93. The predicted octanol–water partition coefficient (Wildman–Crippen LogP) is 2.20. The van der Waals surface area contributed by atoms with Gasteiger partial charge in [0, 0.05) is 28.9 Å². The zero-order chi connectivity index (χ0) is 13.0. The van der Waals surface area contributed by atoms with Gasteiger partial charge in [-0.1, -0.05) is 12.1 Å². The molecule has 0 saturated heterocycles. The molecule has 0 saturated carbocycles. The molecule has 18 heavy (non-hydrogen) atoms. The summed E-state index contributed by atoms with van der Waals surface area (Å²) in [6, 6.07) is 8.02. The van der Waals surface area contributed by atoms with Gasteiger partial charge in [-0.05, 0) is 25.5 Å². The second-order valence-electron chi connectivity index (χ2n) is 4.36. The molecule has 2 aromatic rings. The fourth-order valence-electron chi connectivity index (χ4n) is 1.69. The molecule has 1 heterocycles. The second kappa shape index (κ2) is 5.91. The van der Waals surface area contributed by atoms with Gasteiger partial charge >= 0.3 is 0 Å². The SMILES string of the molecule is CC(CCS(C)=O)Nc1cnc2ccccc2n1. The van der Waals surface area contributed by atoms with E-state index in [-0.39, 0.29) is 6.04 Å². The van der Waals surface area contributed by atoms with Crippen LogP contribution >= 0.6 is 0 Å². The summed E-state index contributed by atoms with van der Waals surface area (Å²) in [5.41, 5.74) is 1.78. The number of benzene rings is 1. The molecule has 0 spiro atoms. The molecular weight excluding hydrogens is 246 g/mol. The predicted molar refractivity (Wildman–Crippen MR) is 76.2 cm³/mol. The second-order valence-corrected chi connectivity index (χ2v) is 5.91. The van der Waals surface area contributed by atoms with Gasteiger partial charge in [-0.25, -0.2) is 4.98 Å². The van der Waals surface area contributed by atoms with Crippen molar-refractivity contribution in [3.8, 4) is 0 Å². The lowest BCUT2D eigenvalue weighted by atomic mass is 10.2. The van der Waals surface area contributed by atoms with Crippen LogP contribution in [0.15, 0.2) is 30.5 Å². The average Bonchev–Trinajstić information content (AvgIpc) is 2.36. The van der Waals surface area contributed by atoms with E-state index in [1.165, 1.54) is 0 Å². The molecule has 5 heteroatoms. The molecule has 0 aliphatic carbocycles. The van der Waals surface area contributed by atoms with Crippen LogP contribution in [0.25, 0.3) is 11.0 Å². The highest BCUT2D eigenvalue weighted by atomic mass is 32.2. The summed E-state index contributed by atoms with van der Waals surface area (Å²) < 4.78 is 11.0. The van der Waals surface area contributed by atoms with Crippen LogP contribution in [-0.4, -0.2) is 32.2 Å². The van der Waals surface area contributed by atoms with Gasteiger partial charge in [0.25, 0.3) is 0 Å². The Morgan fingerprint density at radius 3 is 2.78 bits per heavy atom. The molecule has 2 rings (SSSR count). The Morgan fingerprint density at radius 1 is 1.33 bits per heavy atom. The fraction of sp³-hybridized carbons (Fsp3) is 0.385. The van der Waals surface area contributed by atoms with Crippen LogP contribution in [0.2, 0.25) is 0 Å². The van der Waals surface area contributed by atoms with Crippen LogP contribution in [0.1, 0.15) is 13.3 Å². The lowest BCUT2D eigenvalue weighted by Crippen LogP contribution is -2.18. The topological polar surface area (TPSA) is 54.9 Å². The number of aromatic nitrogens is 2. The highest BCUT2D eigenvalue weighted by Gasteiger charge is 2.05. The average molecular weight is 263 g/mol. The number of nitrogens with one attached hydrogen (secondary N) is 1. The third-order valence-electron chi connectivity index (χ3n) is 2.68. The minimum Gasteiger partial charge on any atom is -0.366 e. The molecule has 2 atom stereocenters. The Hall–Kier alpha value is -1.49. The molecule has 1 aromatic heterocycles. The first-order valence-corrected chi connectivity index (χ1v) is 7.66. The standard InChI is InChI=1S/C13H17N3OS/c1-10(7-8-18(2)17)15-13-9-14-11-5-3-4-6-12(11)16-13/h3-6,9-10H,7-8H2,1-2H3,(H,15,16). The van der Waals surface area contributed by atoms with Crippen molar-refractivity contribution < 1.29 is 4.21 Å². The Balaban J connectivity index is 2.05. The van der Waals surface area contributed by atoms with Crippen molar-refractivity contribution >= 4 is 27.7 Å². The van der Waals surface area contributed by atoms with Crippen LogP contribution in [0.4, 0.5) is 5.82 Å². The van der Waals surface area contributed by atoms with Gasteiger partial charge in [-0.15, -0.1) is 0 Å². The number of hydrogen-bond donors (Lipinski definition) is 1. The third kappa shape index (κ3) is 3.50. The molecular formula is C13H17N3OS. The summed E-state index contributed by atoms with van der Waals surface area (Å²) in [6.07, 6.45) is 4.32. The van der Waals surface area contributed by atoms with E-state index in [0.29, 0.717) is 5.75 Å². The number of rotatable bonds is 5. The number of fused-ring (bicyclic) bond motifs is 1. The molecule has 4 nitrogen and oxygen atoms in total. The molecule has 0 aliphatic rings. The zero-order valence-electron chi connectivity index (χ0n) is 10.6. The maximum absolute atomic E-state index is 11.0. The molecule has 1 aromatic carbocycles. The van der Waals surface area contributed by atoms with E-state index in [4.69, 9.17) is 0 Å². The Labute approximate surface area is 109 Å². The van der Waals surface area contributed by atoms with E-state index < -0.39 is 10.8 Å². The lowest BCUT2D eigenvalue weighted by molar-refractivity contribution is 0.678. The first kappa shape index (κ1) is 13.0. The molecule has 0 radical (unpaired) electrons. The lowest BCUT2D eigenvalue weighted by Gasteiger charge is -2.13. The summed E-state index contributed by atoms with van der Waals surface area (Å²) >= 11 is 0. The highest BCUT2D eigenvalue weighted by Crippen LogP contribution is 2.12. The maximum atomic E-state index is 11.0. The molecule has 0 bridgehead atoms. The van der Waals surface area contributed by atoms with Crippen molar-refractivity contribution in [2.75, 3.05) is 17.3 Å². The number of para-hydroxylation sites is 2. The highest BCUT2D eigenvalue weighted by molar-refractivity contribution is 7.84. The minimum absolute atomic E-state index is 0.240. The molecule has 0 amide bonds. The minimum atomic E-state index is -0.742. The summed E-state index contributed by atoms with van der Waals surface area (Å²) in [5, 5.41) is 3.28. The number of anilines is 1. The summed E-state index contributed by atoms with van der Waals surface area (Å²) in [6.45, 7) is 2.06. The van der Waals surface area contributed by atoms with Crippen LogP contribution in [0, 0.1) is 0 Å². The molecule has 0 aliphatic heterocycles. The fourth-order valence-corrected chi connectivity index (χ4v) is 2.38. The van der Waals surface area contributed by atoms with Gasteiger partial charge in [-0.3, -0.25) is 9.19 Å². The van der Waals surface area contributed by atoms with Crippen LogP contribution in [-0.2, 0) is 10.8 Å². The van der Waals surface area contributed by atoms with E-state index >= 15 is 0 Å². The Morgan fingerprint density at radius 2 is 2.06 bits per heavy atom. The van der Waals surface area contributed by atoms with Gasteiger partial charge in [0.1, 0.15) is 5.82 Å². The number of hydrogen-bond acceptors (Lipinski definition) is 4. The summed E-state index contributed by atoms with van der Waals surface area (Å²) in [7, 11) is -0.742. The quantitative estimate of drug-likeness (QED) is 0.898. The van der Waals surface area contributed by atoms with Crippen molar-refractivity contribution in [3.63, 3.8) is 0 Å². The molecule has 96 valence electrons. The number of nitrogens with zero attached hydrogens (tertiary/aromatic N) is 2. The van der Waals surface area contributed by atoms with Crippen molar-refractivity contribution in [3.05, 3.63) is 30.5 Å². The molecule has 0 fully saturated rings. The van der Waals surface area contributed by atoms with Crippen LogP contribution in [0.3, 0.4) is 0 Å². The van der Waals surface area contributed by atoms with Gasteiger partial charge in [0.05, 0.1) is 17.2 Å². The van der Waals surface area contributed by atoms with Crippen LogP contribution < -0.4 is 5.32 Å². The van der Waals surface area contributed by atoms with E-state index in [9.17, 15) is 4.21 Å². The van der Waals surface area contributed by atoms with Gasteiger partial charge in [-0.2, -0.15) is 0 Å². The third-order valence-corrected chi connectivity index (χ3v) is 3.49.